The molecule has 0 aromatic carbocycles. The summed E-state index contributed by atoms with van der Waals surface area (Å²) >= 11 is 0. The van der Waals surface area contributed by atoms with Gasteiger partial charge in [-0.05, 0) is 26.8 Å². The molecule has 0 aliphatic heterocycles. The van der Waals surface area contributed by atoms with Gasteiger partial charge in [0.1, 0.15) is 0 Å². The molecular weight excluding hydrogens is 282 g/mol. The van der Waals surface area contributed by atoms with Crippen LogP contribution in [0.4, 0.5) is 0 Å². The molecule has 0 atom stereocenters. The third kappa shape index (κ3) is 1.89. The Morgan fingerprint density at radius 3 is 2.27 bits per heavy atom. The van der Waals surface area contributed by atoms with Crippen molar-refractivity contribution in [2.75, 3.05) is 0 Å². The topological polar surface area (TPSA) is 85.8 Å². The number of aromatic carboxylic acids is 1. The van der Waals surface area contributed by atoms with E-state index in [-0.39, 0.29) is 5.56 Å². The standard InChI is InChI=1S/C15H17N5O2/c1-7-12(9(3)19(4)17-7)11-6-10(15(21)22)13-8(2)18-20(5)14(13)16-11/h6H,1-5H3,(H,21,22). The van der Waals surface area contributed by atoms with Gasteiger partial charge in [0.05, 0.1) is 28.0 Å². The number of carbonyl (C=O) groups is 1. The van der Waals surface area contributed by atoms with E-state index in [2.05, 4.69) is 15.2 Å². The van der Waals surface area contributed by atoms with E-state index in [0.29, 0.717) is 22.4 Å². The Morgan fingerprint density at radius 1 is 1.09 bits per heavy atom. The molecule has 0 fully saturated rings. The highest BCUT2D eigenvalue weighted by Gasteiger charge is 2.21. The molecule has 114 valence electrons. The van der Waals surface area contributed by atoms with Gasteiger partial charge in [-0.2, -0.15) is 10.2 Å². The van der Waals surface area contributed by atoms with Crippen LogP contribution in [0.1, 0.15) is 27.4 Å². The van der Waals surface area contributed by atoms with Crippen molar-refractivity contribution in [1.82, 2.24) is 24.5 Å². The van der Waals surface area contributed by atoms with Crippen LogP contribution in [0, 0.1) is 20.8 Å². The normalized spacial score (nSPS) is 11.3. The van der Waals surface area contributed by atoms with E-state index in [1.54, 1.807) is 29.4 Å². The number of hydrogen-bond acceptors (Lipinski definition) is 4. The molecule has 7 heteroatoms. The third-order valence-electron chi connectivity index (χ3n) is 3.96. The number of carboxylic acids is 1. The van der Waals surface area contributed by atoms with E-state index in [4.69, 9.17) is 0 Å². The number of nitrogens with zero attached hydrogens (tertiary/aromatic N) is 5. The molecule has 0 aliphatic carbocycles. The Balaban J connectivity index is 2.41. The van der Waals surface area contributed by atoms with Crippen LogP contribution in [0.25, 0.3) is 22.3 Å². The Morgan fingerprint density at radius 2 is 1.73 bits per heavy atom. The summed E-state index contributed by atoms with van der Waals surface area (Å²) in [6, 6.07) is 1.61. The molecule has 0 radical (unpaired) electrons. The van der Waals surface area contributed by atoms with Gasteiger partial charge in [-0.3, -0.25) is 9.36 Å². The lowest BCUT2D eigenvalue weighted by Crippen LogP contribution is -2.02. The Labute approximate surface area is 127 Å². The van der Waals surface area contributed by atoms with Gasteiger partial charge in [0.25, 0.3) is 0 Å². The van der Waals surface area contributed by atoms with Crippen LogP contribution >= 0.6 is 0 Å². The number of pyridine rings is 1. The largest absolute Gasteiger partial charge is 0.478 e. The van der Waals surface area contributed by atoms with Crippen molar-refractivity contribution in [3.63, 3.8) is 0 Å². The van der Waals surface area contributed by atoms with Crippen molar-refractivity contribution in [3.8, 4) is 11.3 Å². The van der Waals surface area contributed by atoms with Gasteiger partial charge < -0.3 is 5.11 Å². The summed E-state index contributed by atoms with van der Waals surface area (Å²) in [6.45, 7) is 5.62. The molecular formula is C15H17N5O2. The summed E-state index contributed by atoms with van der Waals surface area (Å²) in [5.41, 5.74) is 4.68. The van der Waals surface area contributed by atoms with Crippen LogP contribution in [0.3, 0.4) is 0 Å². The second kappa shape index (κ2) is 4.66. The molecule has 0 saturated carbocycles. The molecule has 0 spiro atoms. The van der Waals surface area contributed by atoms with E-state index in [1.165, 1.54) is 0 Å². The summed E-state index contributed by atoms with van der Waals surface area (Å²) < 4.78 is 3.38. The predicted octanol–water partition coefficient (Wildman–Crippen LogP) is 1.99. The zero-order valence-electron chi connectivity index (χ0n) is 13.2. The Hall–Kier alpha value is -2.70. The Bertz CT molecular complexity index is 920. The van der Waals surface area contributed by atoms with Crippen LogP contribution in [0.2, 0.25) is 0 Å². The lowest BCUT2D eigenvalue weighted by Gasteiger charge is -2.06. The first kappa shape index (κ1) is 14.2. The van der Waals surface area contributed by atoms with Crippen molar-refractivity contribution in [1.29, 1.82) is 0 Å². The minimum Gasteiger partial charge on any atom is -0.478 e. The molecule has 0 unspecified atom stereocenters. The minimum atomic E-state index is -0.982. The molecule has 3 aromatic rings. The summed E-state index contributed by atoms with van der Waals surface area (Å²) in [5, 5.41) is 18.8. The molecule has 0 bridgehead atoms. The van der Waals surface area contributed by atoms with Crippen LogP contribution < -0.4 is 0 Å². The molecule has 1 N–H and O–H groups in total. The van der Waals surface area contributed by atoms with Gasteiger partial charge >= 0.3 is 5.97 Å². The van der Waals surface area contributed by atoms with E-state index < -0.39 is 5.97 Å². The number of carboxylic acid groups (broad SMARTS) is 1. The molecule has 3 aromatic heterocycles. The maximum Gasteiger partial charge on any atom is 0.336 e. The van der Waals surface area contributed by atoms with E-state index >= 15 is 0 Å². The third-order valence-corrected chi connectivity index (χ3v) is 3.96. The molecule has 0 saturated heterocycles. The zero-order chi connectivity index (χ0) is 16.2. The Kier molecular flexibility index (Phi) is 3.01. The summed E-state index contributed by atoms with van der Waals surface area (Å²) in [4.78, 5) is 16.3. The minimum absolute atomic E-state index is 0.216. The van der Waals surface area contributed by atoms with E-state index in [1.807, 2.05) is 20.9 Å². The average Bonchev–Trinajstić information content (AvgIpc) is 2.86. The highest BCUT2D eigenvalue weighted by atomic mass is 16.4. The highest BCUT2D eigenvalue weighted by molar-refractivity contribution is 6.04. The molecule has 3 heterocycles. The van der Waals surface area contributed by atoms with Crippen LogP contribution in [0.5, 0.6) is 0 Å². The van der Waals surface area contributed by atoms with Gasteiger partial charge in [-0.1, -0.05) is 0 Å². The number of aromatic nitrogens is 5. The fraction of sp³-hybridized carbons (Fsp3) is 0.333. The van der Waals surface area contributed by atoms with Crippen molar-refractivity contribution in [2.24, 2.45) is 14.1 Å². The van der Waals surface area contributed by atoms with Gasteiger partial charge in [0.15, 0.2) is 5.65 Å². The first-order valence-corrected chi connectivity index (χ1v) is 6.89. The number of hydrogen-bond donors (Lipinski definition) is 1. The molecule has 22 heavy (non-hydrogen) atoms. The summed E-state index contributed by atoms with van der Waals surface area (Å²) in [5.74, 6) is -0.982. The summed E-state index contributed by atoms with van der Waals surface area (Å²) in [7, 11) is 3.62. The maximum absolute atomic E-state index is 11.6. The fourth-order valence-corrected chi connectivity index (χ4v) is 2.89. The lowest BCUT2D eigenvalue weighted by atomic mass is 10.0. The SMILES string of the molecule is Cc1nn(C)c(C)c1-c1cc(C(=O)O)c2c(C)nn(C)c2n1. The van der Waals surface area contributed by atoms with E-state index in [9.17, 15) is 9.90 Å². The summed E-state index contributed by atoms with van der Waals surface area (Å²) in [6.07, 6.45) is 0. The zero-order valence-corrected chi connectivity index (χ0v) is 13.2. The predicted molar refractivity (Wildman–Crippen MR) is 81.9 cm³/mol. The lowest BCUT2D eigenvalue weighted by molar-refractivity contribution is 0.0699. The van der Waals surface area contributed by atoms with Crippen LogP contribution in [-0.2, 0) is 14.1 Å². The van der Waals surface area contributed by atoms with Gasteiger partial charge in [-0.15, -0.1) is 0 Å². The number of rotatable bonds is 2. The van der Waals surface area contributed by atoms with Gasteiger partial charge in [-0.25, -0.2) is 9.78 Å². The second-order valence-corrected chi connectivity index (χ2v) is 5.44. The van der Waals surface area contributed by atoms with Crippen LogP contribution in [0.15, 0.2) is 6.07 Å². The number of fused-ring (bicyclic) bond motifs is 1. The van der Waals surface area contributed by atoms with Gasteiger partial charge in [0.2, 0.25) is 0 Å². The van der Waals surface area contributed by atoms with E-state index in [0.717, 1.165) is 17.0 Å². The fourth-order valence-electron chi connectivity index (χ4n) is 2.89. The molecule has 3 rings (SSSR count). The molecule has 7 nitrogen and oxygen atoms in total. The molecule has 0 amide bonds. The smallest absolute Gasteiger partial charge is 0.336 e. The van der Waals surface area contributed by atoms with Crippen molar-refractivity contribution >= 4 is 17.0 Å². The average molecular weight is 299 g/mol. The quantitative estimate of drug-likeness (QED) is 0.782. The monoisotopic (exact) mass is 299 g/mol. The van der Waals surface area contributed by atoms with Crippen molar-refractivity contribution in [2.45, 2.75) is 20.8 Å². The second-order valence-electron chi connectivity index (χ2n) is 5.44. The van der Waals surface area contributed by atoms with Crippen molar-refractivity contribution in [3.05, 3.63) is 28.7 Å². The first-order valence-electron chi connectivity index (χ1n) is 6.89. The molecule has 0 aliphatic rings. The maximum atomic E-state index is 11.6. The van der Waals surface area contributed by atoms with Crippen LogP contribution in [-0.4, -0.2) is 35.6 Å². The number of aryl methyl sites for hydroxylation is 4. The van der Waals surface area contributed by atoms with Crippen molar-refractivity contribution < 1.29 is 9.90 Å². The first-order chi connectivity index (χ1) is 10.3. The van der Waals surface area contributed by atoms with Gasteiger partial charge in [0, 0.05) is 25.4 Å². The highest BCUT2D eigenvalue weighted by Crippen LogP contribution is 2.30.